The van der Waals surface area contributed by atoms with Gasteiger partial charge in [-0.3, -0.25) is 9.80 Å². The second-order valence-corrected chi connectivity index (χ2v) is 9.04. The molecule has 0 spiro atoms. The summed E-state index contributed by atoms with van der Waals surface area (Å²) >= 11 is 0. The number of aromatic amines is 1. The molecule has 0 bridgehead atoms. The van der Waals surface area contributed by atoms with Crippen molar-refractivity contribution in [1.29, 1.82) is 0 Å². The van der Waals surface area contributed by atoms with Gasteiger partial charge in [0.25, 0.3) is 0 Å². The van der Waals surface area contributed by atoms with E-state index in [1.54, 1.807) is 7.11 Å². The fourth-order valence-corrected chi connectivity index (χ4v) is 5.05. The highest BCUT2D eigenvalue weighted by Crippen LogP contribution is 2.30. The monoisotopic (exact) mass is 472 g/mol. The van der Waals surface area contributed by atoms with Gasteiger partial charge in [-0.05, 0) is 49.7 Å². The minimum Gasteiger partial charge on any atom is -0.495 e. The molecule has 1 aromatic heterocycles. The first-order valence-electron chi connectivity index (χ1n) is 12.3. The number of benzene rings is 3. The summed E-state index contributed by atoms with van der Waals surface area (Å²) in [7, 11) is 1.72. The van der Waals surface area contributed by atoms with Crippen molar-refractivity contribution in [3.8, 4) is 5.75 Å². The largest absolute Gasteiger partial charge is 0.495 e. The summed E-state index contributed by atoms with van der Waals surface area (Å²) in [6.07, 6.45) is 0.877. The molecule has 7 heteroatoms. The van der Waals surface area contributed by atoms with Gasteiger partial charge < -0.3 is 19.7 Å². The smallest absolute Gasteiger partial charge is 0.411 e. The van der Waals surface area contributed by atoms with Crippen LogP contribution in [0.1, 0.15) is 12.8 Å². The third kappa shape index (κ3) is 4.91. The molecule has 2 N–H and O–H groups in total. The Morgan fingerprint density at radius 1 is 0.943 bits per heavy atom. The zero-order valence-electron chi connectivity index (χ0n) is 20.1. The summed E-state index contributed by atoms with van der Waals surface area (Å²) in [6, 6.07) is 22.2. The number of carbonyl (C=O) groups is 1. The topological polar surface area (TPSA) is 72.0 Å². The number of piperazine rings is 1. The molecule has 3 aromatic carbocycles. The first kappa shape index (κ1) is 23.1. The number of hydrogen-bond acceptors (Lipinski definition) is 4. The van der Waals surface area contributed by atoms with E-state index < -0.39 is 6.09 Å². The van der Waals surface area contributed by atoms with E-state index in [-0.39, 0.29) is 0 Å². The Kier molecular flexibility index (Phi) is 6.77. The van der Waals surface area contributed by atoms with Crippen molar-refractivity contribution in [2.45, 2.75) is 12.8 Å². The molecule has 7 nitrogen and oxygen atoms in total. The molecule has 35 heavy (non-hydrogen) atoms. The minimum atomic E-state index is -0.911. The second-order valence-electron chi connectivity index (χ2n) is 9.04. The lowest BCUT2D eigenvalue weighted by Gasteiger charge is -2.36. The third-order valence-electron chi connectivity index (χ3n) is 6.94. The highest BCUT2D eigenvalue weighted by atomic mass is 16.5. The number of anilines is 2. The van der Waals surface area contributed by atoms with E-state index in [2.05, 4.69) is 26.9 Å². The van der Waals surface area contributed by atoms with Crippen LogP contribution < -0.4 is 14.5 Å². The number of hydrogen-bond donors (Lipinski definition) is 2. The van der Waals surface area contributed by atoms with Crippen LogP contribution in [0.2, 0.25) is 0 Å². The van der Waals surface area contributed by atoms with Gasteiger partial charge in [0.2, 0.25) is 0 Å². The number of nitrogens with one attached hydrogen (secondary N) is 1. The minimum absolute atomic E-state index is 0.488. The van der Waals surface area contributed by atoms with Crippen molar-refractivity contribution in [3.63, 3.8) is 0 Å². The van der Waals surface area contributed by atoms with E-state index in [0.717, 1.165) is 78.8 Å². The van der Waals surface area contributed by atoms with Crippen molar-refractivity contribution in [2.24, 2.45) is 0 Å². The molecule has 0 atom stereocenters. The Hall–Kier alpha value is -3.71. The number of fused-ring (bicyclic) bond motifs is 3. The number of unbranched alkanes of at least 4 members (excludes halogenated alkanes) is 1. The van der Waals surface area contributed by atoms with Crippen molar-refractivity contribution in [2.75, 3.05) is 56.2 Å². The molecule has 2 heterocycles. The van der Waals surface area contributed by atoms with Crippen LogP contribution >= 0.6 is 0 Å². The molecule has 4 aromatic rings. The maximum absolute atomic E-state index is 12.0. The van der Waals surface area contributed by atoms with E-state index >= 15 is 0 Å². The van der Waals surface area contributed by atoms with Gasteiger partial charge >= 0.3 is 6.09 Å². The van der Waals surface area contributed by atoms with Gasteiger partial charge in [0.1, 0.15) is 5.75 Å². The van der Waals surface area contributed by atoms with Crippen LogP contribution in [0, 0.1) is 0 Å². The standard InChI is InChI=1S/C28H32N4O3/c1-35-27-11-5-4-10-26(27)31-18-16-30(17-19-31)14-6-7-15-32(28(33)34)21-12-13-23-22-8-2-3-9-24(22)29-25(23)20-21/h2-5,8-13,20,29H,6-7,14-19H2,1H3,(H,33,34). The maximum Gasteiger partial charge on any atom is 0.411 e. The number of nitrogens with zero attached hydrogens (tertiary/aromatic N) is 3. The number of amides is 1. The van der Waals surface area contributed by atoms with E-state index in [1.165, 1.54) is 4.90 Å². The fraction of sp³-hybridized carbons (Fsp3) is 0.321. The van der Waals surface area contributed by atoms with Crippen molar-refractivity contribution in [3.05, 3.63) is 66.7 Å². The van der Waals surface area contributed by atoms with Crippen molar-refractivity contribution >= 4 is 39.3 Å². The first-order chi connectivity index (χ1) is 17.1. The number of H-pyrrole nitrogens is 1. The average Bonchev–Trinajstić information content (AvgIpc) is 3.26. The molecular formula is C28H32N4O3. The molecule has 182 valence electrons. The Bertz CT molecular complexity index is 1310. The summed E-state index contributed by atoms with van der Waals surface area (Å²) in [5.41, 5.74) is 3.89. The van der Waals surface area contributed by atoms with Crippen molar-refractivity contribution in [1.82, 2.24) is 9.88 Å². The van der Waals surface area contributed by atoms with Gasteiger partial charge in [0.15, 0.2) is 0 Å². The molecule has 0 radical (unpaired) electrons. The number of aromatic nitrogens is 1. The van der Waals surface area contributed by atoms with Crippen LogP contribution in [-0.4, -0.2) is 67.5 Å². The summed E-state index contributed by atoms with van der Waals surface area (Å²) in [5.74, 6) is 0.917. The Morgan fingerprint density at radius 2 is 1.69 bits per heavy atom. The highest BCUT2D eigenvalue weighted by Gasteiger charge is 2.20. The summed E-state index contributed by atoms with van der Waals surface area (Å²) < 4.78 is 5.51. The predicted molar refractivity (Wildman–Crippen MR) is 142 cm³/mol. The maximum atomic E-state index is 12.0. The number of rotatable bonds is 8. The molecule has 1 saturated heterocycles. The van der Waals surface area contributed by atoms with Crippen LogP contribution in [0.4, 0.5) is 16.2 Å². The average molecular weight is 473 g/mol. The predicted octanol–water partition coefficient (Wildman–Crippen LogP) is 5.42. The molecule has 0 saturated carbocycles. The van der Waals surface area contributed by atoms with E-state index in [4.69, 9.17) is 4.74 Å². The summed E-state index contributed by atoms with van der Waals surface area (Å²) in [4.78, 5) is 21.7. The molecule has 0 unspecified atom stereocenters. The van der Waals surface area contributed by atoms with Crippen LogP contribution in [0.5, 0.6) is 5.75 Å². The summed E-state index contributed by atoms with van der Waals surface area (Å²) in [6.45, 7) is 5.39. The number of ether oxygens (including phenoxy) is 1. The van der Waals surface area contributed by atoms with E-state index in [1.807, 2.05) is 54.6 Å². The lowest BCUT2D eigenvalue weighted by molar-refractivity contribution is 0.201. The summed E-state index contributed by atoms with van der Waals surface area (Å²) in [5, 5.41) is 12.1. The molecular weight excluding hydrogens is 440 g/mol. The molecule has 1 aliphatic rings. The first-order valence-corrected chi connectivity index (χ1v) is 12.3. The molecule has 1 aliphatic heterocycles. The zero-order chi connectivity index (χ0) is 24.2. The van der Waals surface area contributed by atoms with Crippen LogP contribution in [0.25, 0.3) is 21.8 Å². The highest BCUT2D eigenvalue weighted by molar-refractivity contribution is 6.08. The fourth-order valence-electron chi connectivity index (χ4n) is 5.05. The molecule has 0 aliphatic carbocycles. The normalized spacial score (nSPS) is 14.5. The van der Waals surface area contributed by atoms with Gasteiger partial charge in [-0.15, -0.1) is 0 Å². The Morgan fingerprint density at radius 3 is 2.49 bits per heavy atom. The number of carboxylic acid groups (broad SMARTS) is 1. The lowest BCUT2D eigenvalue weighted by Crippen LogP contribution is -2.46. The van der Waals surface area contributed by atoms with Crippen molar-refractivity contribution < 1.29 is 14.6 Å². The van der Waals surface area contributed by atoms with Crippen LogP contribution in [0.3, 0.4) is 0 Å². The Balaban J connectivity index is 1.14. The molecule has 1 fully saturated rings. The third-order valence-corrected chi connectivity index (χ3v) is 6.94. The second kappa shape index (κ2) is 10.3. The molecule has 1 amide bonds. The Labute approximate surface area is 205 Å². The van der Waals surface area contributed by atoms with Gasteiger partial charge in [-0.25, -0.2) is 4.79 Å². The van der Waals surface area contributed by atoms with Crippen LogP contribution in [-0.2, 0) is 0 Å². The van der Waals surface area contributed by atoms with E-state index in [9.17, 15) is 9.90 Å². The van der Waals surface area contributed by atoms with Crippen LogP contribution in [0.15, 0.2) is 66.7 Å². The van der Waals surface area contributed by atoms with Gasteiger partial charge in [0, 0.05) is 60.2 Å². The number of methoxy groups -OCH3 is 1. The lowest BCUT2D eigenvalue weighted by atomic mass is 10.1. The van der Waals surface area contributed by atoms with Gasteiger partial charge in [0.05, 0.1) is 12.8 Å². The molecule has 5 rings (SSSR count). The number of para-hydroxylation sites is 3. The SMILES string of the molecule is COc1ccccc1N1CCN(CCCCN(C(=O)O)c2ccc3c(c2)[nH]c2ccccc23)CC1. The van der Waals surface area contributed by atoms with E-state index in [0.29, 0.717) is 12.2 Å². The quantitative estimate of drug-likeness (QED) is 0.335. The van der Waals surface area contributed by atoms with Gasteiger partial charge in [-0.2, -0.15) is 0 Å². The van der Waals surface area contributed by atoms with Gasteiger partial charge in [-0.1, -0.05) is 36.4 Å². The zero-order valence-corrected chi connectivity index (χ0v) is 20.1.